The maximum absolute atomic E-state index is 12.2. The number of non-ortho nitro benzene ring substituents is 1. The predicted octanol–water partition coefficient (Wildman–Crippen LogP) is 5.04. The highest BCUT2D eigenvalue weighted by Gasteiger charge is 2.27. The number of cyclic esters (lactones) is 1. The molecule has 0 bridgehead atoms. The van der Waals surface area contributed by atoms with Gasteiger partial charge in [0.25, 0.3) is 5.69 Å². The van der Waals surface area contributed by atoms with Crippen LogP contribution in [0.5, 0.6) is 5.75 Å². The normalized spacial score (nSPS) is 14.6. The Kier molecular flexibility index (Phi) is 6.15. The van der Waals surface area contributed by atoms with Crippen molar-refractivity contribution < 1.29 is 24.0 Å². The molecule has 1 aliphatic rings. The third-order valence-electron chi connectivity index (χ3n) is 3.58. The third-order valence-corrected chi connectivity index (χ3v) is 5.09. The number of halogens is 3. The molecule has 0 aromatic heterocycles. The standard InChI is InChI=1S/C18H9Br2ClN2O6/c1-8(24)28-16-12(19)4-9(5-13(16)20)6-15-18(25)29-17(22-15)11-7-10(23(26)27)2-3-14(11)21/h2-7H,1H3/b15-6-. The lowest BCUT2D eigenvalue weighted by Gasteiger charge is -2.08. The van der Waals surface area contributed by atoms with Crippen molar-refractivity contribution >= 4 is 73.1 Å². The van der Waals surface area contributed by atoms with E-state index < -0.39 is 16.9 Å². The highest BCUT2D eigenvalue weighted by molar-refractivity contribution is 9.11. The van der Waals surface area contributed by atoms with Gasteiger partial charge in [-0.2, -0.15) is 0 Å². The van der Waals surface area contributed by atoms with Gasteiger partial charge in [-0.25, -0.2) is 9.79 Å². The van der Waals surface area contributed by atoms with Crippen LogP contribution in [-0.2, 0) is 14.3 Å². The van der Waals surface area contributed by atoms with Crippen LogP contribution in [0.25, 0.3) is 6.08 Å². The van der Waals surface area contributed by atoms with E-state index >= 15 is 0 Å². The van der Waals surface area contributed by atoms with Crippen molar-refractivity contribution in [3.8, 4) is 5.75 Å². The molecule has 8 nitrogen and oxygen atoms in total. The van der Waals surface area contributed by atoms with Gasteiger partial charge in [-0.15, -0.1) is 0 Å². The van der Waals surface area contributed by atoms with E-state index in [1.54, 1.807) is 12.1 Å². The SMILES string of the molecule is CC(=O)Oc1c(Br)cc(/C=C2\N=C(c3cc([N+](=O)[O-])ccc3Cl)OC2=O)cc1Br. The molecule has 0 radical (unpaired) electrons. The number of benzene rings is 2. The van der Waals surface area contributed by atoms with Gasteiger partial charge < -0.3 is 9.47 Å². The Morgan fingerprint density at radius 1 is 1.28 bits per heavy atom. The molecule has 3 rings (SSSR count). The number of hydrogen-bond acceptors (Lipinski definition) is 7. The van der Waals surface area contributed by atoms with Gasteiger partial charge in [-0.05, 0) is 61.7 Å². The molecule has 2 aromatic carbocycles. The van der Waals surface area contributed by atoms with Crippen LogP contribution in [0.4, 0.5) is 5.69 Å². The smallest absolute Gasteiger partial charge is 0.363 e. The van der Waals surface area contributed by atoms with Gasteiger partial charge in [0.2, 0.25) is 5.90 Å². The summed E-state index contributed by atoms with van der Waals surface area (Å²) in [5.41, 5.74) is 0.447. The zero-order valence-corrected chi connectivity index (χ0v) is 18.4. The van der Waals surface area contributed by atoms with Crippen LogP contribution in [0.1, 0.15) is 18.1 Å². The number of carbonyl (C=O) groups excluding carboxylic acids is 2. The molecule has 29 heavy (non-hydrogen) atoms. The molecule has 1 heterocycles. The summed E-state index contributed by atoms with van der Waals surface area (Å²) in [6.45, 7) is 1.28. The van der Waals surface area contributed by atoms with Crippen LogP contribution in [0.2, 0.25) is 5.02 Å². The number of ether oxygens (including phenoxy) is 2. The number of nitro groups is 1. The number of hydrogen-bond donors (Lipinski definition) is 0. The molecule has 0 saturated heterocycles. The lowest BCUT2D eigenvalue weighted by Crippen LogP contribution is -2.06. The average molecular weight is 545 g/mol. The summed E-state index contributed by atoms with van der Waals surface area (Å²) in [5.74, 6) is -1.07. The van der Waals surface area contributed by atoms with Crippen molar-refractivity contribution in [2.75, 3.05) is 0 Å². The molecule has 11 heteroatoms. The molecule has 0 atom stereocenters. The Hall–Kier alpha value is -2.56. The molecule has 148 valence electrons. The molecule has 2 aromatic rings. The van der Waals surface area contributed by atoms with E-state index in [2.05, 4.69) is 36.9 Å². The van der Waals surface area contributed by atoms with Gasteiger partial charge in [0.1, 0.15) is 0 Å². The van der Waals surface area contributed by atoms with E-state index in [1.165, 1.54) is 31.2 Å². The number of carbonyl (C=O) groups is 2. The first-order valence-electron chi connectivity index (χ1n) is 7.80. The molecular weight excluding hydrogens is 535 g/mol. The van der Waals surface area contributed by atoms with Gasteiger partial charge in [0.15, 0.2) is 11.4 Å². The largest absolute Gasteiger partial charge is 0.424 e. The van der Waals surface area contributed by atoms with E-state index in [0.29, 0.717) is 20.3 Å². The molecule has 0 saturated carbocycles. The summed E-state index contributed by atoms with van der Waals surface area (Å²) in [7, 11) is 0. The molecule has 1 aliphatic heterocycles. The average Bonchev–Trinajstić information content (AvgIpc) is 2.98. The Labute approximate surface area is 185 Å². The van der Waals surface area contributed by atoms with Crippen molar-refractivity contribution in [1.82, 2.24) is 0 Å². The minimum Gasteiger partial charge on any atom is -0.424 e. The first kappa shape index (κ1) is 21.2. The maximum atomic E-state index is 12.2. The molecule has 0 aliphatic carbocycles. The van der Waals surface area contributed by atoms with E-state index in [4.69, 9.17) is 21.1 Å². The van der Waals surface area contributed by atoms with Gasteiger partial charge in [0, 0.05) is 19.1 Å². The van der Waals surface area contributed by atoms with E-state index in [-0.39, 0.29) is 27.9 Å². The summed E-state index contributed by atoms with van der Waals surface area (Å²) in [4.78, 5) is 37.9. The lowest BCUT2D eigenvalue weighted by molar-refractivity contribution is -0.384. The molecule has 0 N–H and O–H groups in total. The second-order valence-electron chi connectivity index (χ2n) is 5.66. The van der Waals surface area contributed by atoms with Crippen LogP contribution >= 0.6 is 43.5 Å². The van der Waals surface area contributed by atoms with Gasteiger partial charge in [-0.1, -0.05) is 11.6 Å². The van der Waals surface area contributed by atoms with Gasteiger partial charge in [0.05, 0.1) is 24.5 Å². The fourth-order valence-corrected chi connectivity index (χ4v) is 3.96. The summed E-state index contributed by atoms with van der Waals surface area (Å²) < 4.78 is 11.2. The Morgan fingerprint density at radius 3 is 2.52 bits per heavy atom. The minimum absolute atomic E-state index is 0.0263. The minimum atomic E-state index is -0.737. The van der Waals surface area contributed by atoms with Crippen LogP contribution in [0, 0.1) is 10.1 Å². The monoisotopic (exact) mass is 542 g/mol. The van der Waals surface area contributed by atoms with Crippen molar-refractivity contribution in [3.05, 3.63) is 71.2 Å². The number of aliphatic imine (C=N–C) groups is 1. The summed E-state index contributed by atoms with van der Waals surface area (Å²) in [6.07, 6.45) is 1.45. The zero-order chi connectivity index (χ0) is 21.3. The lowest BCUT2D eigenvalue weighted by atomic mass is 10.2. The molecule has 0 fully saturated rings. The predicted molar refractivity (Wildman–Crippen MR) is 112 cm³/mol. The topological polar surface area (TPSA) is 108 Å². The third kappa shape index (κ3) is 4.72. The van der Waals surface area contributed by atoms with E-state index in [1.807, 2.05) is 0 Å². The fourth-order valence-electron chi connectivity index (χ4n) is 2.38. The second kappa shape index (κ2) is 8.44. The Morgan fingerprint density at radius 2 is 1.93 bits per heavy atom. The first-order valence-corrected chi connectivity index (χ1v) is 9.76. The van der Waals surface area contributed by atoms with Crippen LogP contribution < -0.4 is 4.74 Å². The maximum Gasteiger partial charge on any atom is 0.363 e. The first-order chi connectivity index (χ1) is 13.7. The summed E-state index contributed by atoms with van der Waals surface area (Å²) in [5, 5.41) is 11.1. The highest BCUT2D eigenvalue weighted by Crippen LogP contribution is 2.36. The zero-order valence-electron chi connectivity index (χ0n) is 14.4. The van der Waals surface area contributed by atoms with E-state index in [9.17, 15) is 19.7 Å². The number of esters is 2. The van der Waals surface area contributed by atoms with Crippen molar-refractivity contribution in [2.45, 2.75) is 6.92 Å². The molecule has 0 spiro atoms. The quantitative estimate of drug-likeness (QED) is 0.175. The highest BCUT2D eigenvalue weighted by atomic mass is 79.9. The number of nitrogens with zero attached hydrogens (tertiary/aromatic N) is 2. The Bertz CT molecular complexity index is 1110. The van der Waals surface area contributed by atoms with Gasteiger partial charge >= 0.3 is 11.9 Å². The number of rotatable bonds is 4. The number of nitro benzene ring substituents is 1. The molecule has 0 unspecified atom stereocenters. The van der Waals surface area contributed by atoms with Crippen molar-refractivity contribution in [1.29, 1.82) is 0 Å². The molecular formula is C18H9Br2ClN2O6. The fraction of sp³-hybridized carbons (Fsp3) is 0.0556. The van der Waals surface area contributed by atoms with E-state index in [0.717, 1.165) is 0 Å². The van der Waals surface area contributed by atoms with Crippen LogP contribution in [0.3, 0.4) is 0 Å². The van der Waals surface area contributed by atoms with Gasteiger partial charge in [-0.3, -0.25) is 14.9 Å². The summed E-state index contributed by atoms with van der Waals surface area (Å²) in [6, 6.07) is 6.99. The van der Waals surface area contributed by atoms with Crippen LogP contribution in [-0.4, -0.2) is 22.8 Å². The summed E-state index contributed by atoms with van der Waals surface area (Å²) >= 11 is 12.7. The Balaban J connectivity index is 1.99. The van der Waals surface area contributed by atoms with Crippen LogP contribution in [0.15, 0.2) is 50.0 Å². The van der Waals surface area contributed by atoms with Crippen molar-refractivity contribution in [2.24, 2.45) is 4.99 Å². The van der Waals surface area contributed by atoms with Crippen molar-refractivity contribution in [3.63, 3.8) is 0 Å². The molecule has 0 amide bonds. The second-order valence-corrected chi connectivity index (χ2v) is 7.78.